The molecule has 5 rings (SSSR count). The average molecular weight is 342 g/mol. The summed E-state index contributed by atoms with van der Waals surface area (Å²) >= 11 is 0. The highest BCUT2D eigenvalue weighted by Crippen LogP contribution is 2.30. The summed E-state index contributed by atoms with van der Waals surface area (Å²) < 4.78 is 0. The summed E-state index contributed by atoms with van der Waals surface area (Å²) in [5.74, 6) is 0. The van der Waals surface area contributed by atoms with Gasteiger partial charge in [0, 0.05) is 54.4 Å². The van der Waals surface area contributed by atoms with Gasteiger partial charge in [-0.3, -0.25) is 0 Å². The highest BCUT2D eigenvalue weighted by atomic mass is 15.2. The van der Waals surface area contributed by atoms with Crippen LogP contribution in [0.5, 0.6) is 0 Å². The first-order valence-corrected chi connectivity index (χ1v) is 9.18. The van der Waals surface area contributed by atoms with E-state index in [1.165, 1.54) is 27.6 Å². The molecule has 26 heavy (non-hydrogen) atoms. The van der Waals surface area contributed by atoms with Gasteiger partial charge in [0.25, 0.3) is 0 Å². The number of pyridine rings is 1. The van der Waals surface area contributed by atoms with Crippen LogP contribution in [0.4, 0.5) is 5.69 Å². The second-order valence-corrected chi connectivity index (χ2v) is 7.12. The molecule has 0 atom stereocenters. The van der Waals surface area contributed by atoms with Crippen molar-refractivity contribution in [2.75, 3.05) is 38.1 Å². The van der Waals surface area contributed by atoms with Crippen LogP contribution in [0.15, 0.2) is 60.8 Å². The van der Waals surface area contributed by atoms with Crippen molar-refractivity contribution in [3.8, 4) is 11.1 Å². The summed E-state index contributed by atoms with van der Waals surface area (Å²) in [6.07, 6.45) is 1.83. The number of fused-ring (bicyclic) bond motifs is 3. The Bertz CT molecular complexity index is 1060. The molecule has 0 bridgehead atoms. The van der Waals surface area contributed by atoms with Gasteiger partial charge in [-0.2, -0.15) is 0 Å². The zero-order valence-corrected chi connectivity index (χ0v) is 14.9. The quantitative estimate of drug-likeness (QED) is 0.595. The van der Waals surface area contributed by atoms with Crippen LogP contribution in [-0.2, 0) is 0 Å². The summed E-state index contributed by atoms with van der Waals surface area (Å²) in [4.78, 5) is 12.7. The van der Waals surface area contributed by atoms with Crippen molar-refractivity contribution in [2.24, 2.45) is 0 Å². The predicted octanol–water partition coefficient (Wildman–Crippen LogP) is 4.13. The first-order valence-electron chi connectivity index (χ1n) is 9.18. The molecule has 0 spiro atoms. The third-order valence-corrected chi connectivity index (χ3v) is 5.44. The molecule has 4 aromatic rings. The van der Waals surface area contributed by atoms with Crippen molar-refractivity contribution in [1.29, 1.82) is 0 Å². The van der Waals surface area contributed by atoms with Gasteiger partial charge in [-0.15, -0.1) is 0 Å². The molecule has 4 nitrogen and oxygen atoms in total. The van der Waals surface area contributed by atoms with Crippen molar-refractivity contribution < 1.29 is 0 Å². The van der Waals surface area contributed by atoms with E-state index in [2.05, 4.69) is 75.3 Å². The van der Waals surface area contributed by atoms with Gasteiger partial charge in [0.15, 0.2) is 0 Å². The van der Waals surface area contributed by atoms with Crippen LogP contribution >= 0.6 is 0 Å². The van der Waals surface area contributed by atoms with E-state index in [-0.39, 0.29) is 0 Å². The maximum Gasteiger partial charge on any atom is 0.138 e. The number of piperazine rings is 1. The lowest BCUT2D eigenvalue weighted by Crippen LogP contribution is -2.44. The Labute approximate surface area is 153 Å². The number of aromatic amines is 1. The van der Waals surface area contributed by atoms with Gasteiger partial charge in [0.2, 0.25) is 0 Å². The number of aromatic nitrogens is 2. The Balaban J connectivity index is 1.48. The Morgan fingerprint density at radius 3 is 2.42 bits per heavy atom. The van der Waals surface area contributed by atoms with Gasteiger partial charge in [-0.1, -0.05) is 18.2 Å². The molecule has 0 radical (unpaired) electrons. The largest absolute Gasteiger partial charge is 0.369 e. The fraction of sp³-hybridized carbons (Fsp3) is 0.227. The maximum atomic E-state index is 4.43. The minimum atomic E-state index is 0.949. The topological polar surface area (TPSA) is 35.2 Å². The molecule has 0 aliphatic carbocycles. The van der Waals surface area contributed by atoms with Crippen molar-refractivity contribution in [1.82, 2.24) is 14.9 Å². The van der Waals surface area contributed by atoms with Gasteiger partial charge in [0.1, 0.15) is 5.65 Å². The van der Waals surface area contributed by atoms with Gasteiger partial charge in [0.05, 0.1) is 0 Å². The highest BCUT2D eigenvalue weighted by molar-refractivity contribution is 6.07. The predicted molar refractivity (Wildman–Crippen MR) is 109 cm³/mol. The van der Waals surface area contributed by atoms with Crippen molar-refractivity contribution in [2.45, 2.75) is 0 Å². The van der Waals surface area contributed by atoms with Crippen LogP contribution in [0.2, 0.25) is 0 Å². The lowest BCUT2D eigenvalue weighted by Gasteiger charge is -2.34. The van der Waals surface area contributed by atoms with E-state index < -0.39 is 0 Å². The SMILES string of the molecule is CN1CCN(c2ccc(-c3ccc4[nH]c5ncccc5c4c3)cc2)CC1. The second-order valence-electron chi connectivity index (χ2n) is 7.12. The van der Waals surface area contributed by atoms with E-state index >= 15 is 0 Å². The van der Waals surface area contributed by atoms with Crippen LogP contribution in [0.3, 0.4) is 0 Å². The molecule has 0 saturated carbocycles. The molecule has 2 aromatic heterocycles. The number of anilines is 1. The number of hydrogen-bond donors (Lipinski definition) is 1. The fourth-order valence-corrected chi connectivity index (χ4v) is 3.83. The zero-order chi connectivity index (χ0) is 17.5. The second kappa shape index (κ2) is 6.15. The molecule has 1 N–H and O–H groups in total. The Hall–Kier alpha value is -2.85. The van der Waals surface area contributed by atoms with Crippen molar-refractivity contribution in [3.05, 3.63) is 60.8 Å². The lowest BCUT2D eigenvalue weighted by molar-refractivity contribution is 0.313. The van der Waals surface area contributed by atoms with E-state index in [0.717, 1.165) is 37.3 Å². The van der Waals surface area contributed by atoms with Gasteiger partial charge < -0.3 is 14.8 Å². The van der Waals surface area contributed by atoms with Crippen LogP contribution in [0.1, 0.15) is 0 Å². The van der Waals surface area contributed by atoms with Crippen molar-refractivity contribution in [3.63, 3.8) is 0 Å². The van der Waals surface area contributed by atoms with E-state index in [1.807, 2.05) is 12.3 Å². The van der Waals surface area contributed by atoms with Crippen LogP contribution in [-0.4, -0.2) is 48.1 Å². The van der Waals surface area contributed by atoms with E-state index in [0.29, 0.717) is 0 Å². The van der Waals surface area contributed by atoms with E-state index in [9.17, 15) is 0 Å². The first kappa shape index (κ1) is 15.4. The van der Waals surface area contributed by atoms with Crippen LogP contribution in [0.25, 0.3) is 33.1 Å². The summed E-state index contributed by atoms with van der Waals surface area (Å²) in [7, 11) is 2.19. The monoisotopic (exact) mass is 342 g/mol. The normalized spacial score (nSPS) is 15.8. The molecule has 1 saturated heterocycles. The van der Waals surface area contributed by atoms with E-state index in [4.69, 9.17) is 0 Å². The number of nitrogens with one attached hydrogen (secondary N) is 1. The summed E-state index contributed by atoms with van der Waals surface area (Å²) in [5.41, 5.74) is 5.90. The molecule has 0 amide bonds. The summed E-state index contributed by atoms with van der Waals surface area (Å²) in [6.45, 7) is 4.47. The minimum absolute atomic E-state index is 0.949. The number of H-pyrrole nitrogens is 1. The average Bonchev–Trinajstić information content (AvgIpc) is 3.07. The Morgan fingerprint density at radius 2 is 1.62 bits per heavy atom. The molecular weight excluding hydrogens is 320 g/mol. The standard InChI is InChI=1S/C22H22N4/c1-25-11-13-26(14-12-25)18-7-4-16(5-8-18)17-6-9-21-20(15-17)19-3-2-10-23-22(19)24-21/h2-10,15H,11-14H2,1H3,(H,23,24). The van der Waals surface area contributed by atoms with Crippen LogP contribution < -0.4 is 4.90 Å². The van der Waals surface area contributed by atoms with Crippen molar-refractivity contribution >= 4 is 27.6 Å². The van der Waals surface area contributed by atoms with Gasteiger partial charge >= 0.3 is 0 Å². The lowest BCUT2D eigenvalue weighted by atomic mass is 10.0. The number of likely N-dealkylation sites (N-methyl/N-ethyl adjacent to an activating group) is 1. The van der Waals surface area contributed by atoms with Crippen LogP contribution in [0, 0.1) is 0 Å². The first-order chi connectivity index (χ1) is 12.8. The Kier molecular flexibility index (Phi) is 3.64. The third-order valence-electron chi connectivity index (χ3n) is 5.44. The molecule has 1 aliphatic heterocycles. The Morgan fingerprint density at radius 1 is 0.846 bits per heavy atom. The van der Waals surface area contributed by atoms with Gasteiger partial charge in [-0.05, 0) is 54.6 Å². The molecule has 130 valence electrons. The molecule has 4 heteroatoms. The minimum Gasteiger partial charge on any atom is -0.369 e. The molecule has 1 fully saturated rings. The third kappa shape index (κ3) is 2.63. The summed E-state index contributed by atoms with van der Waals surface area (Å²) in [5, 5.41) is 2.41. The smallest absolute Gasteiger partial charge is 0.138 e. The van der Waals surface area contributed by atoms with E-state index in [1.54, 1.807) is 0 Å². The number of nitrogens with zero attached hydrogens (tertiary/aromatic N) is 3. The fourth-order valence-electron chi connectivity index (χ4n) is 3.83. The number of rotatable bonds is 2. The molecule has 3 heterocycles. The summed E-state index contributed by atoms with van der Waals surface area (Å²) in [6, 6.07) is 19.7. The molecule has 2 aromatic carbocycles. The molecular formula is C22H22N4. The number of benzene rings is 2. The zero-order valence-electron chi connectivity index (χ0n) is 14.9. The molecule has 1 aliphatic rings. The number of hydrogen-bond acceptors (Lipinski definition) is 3. The maximum absolute atomic E-state index is 4.43. The highest BCUT2D eigenvalue weighted by Gasteiger charge is 2.14. The molecule has 0 unspecified atom stereocenters. The van der Waals surface area contributed by atoms with Gasteiger partial charge in [-0.25, -0.2) is 4.98 Å².